The summed E-state index contributed by atoms with van der Waals surface area (Å²) in [6.45, 7) is 4.76. The summed E-state index contributed by atoms with van der Waals surface area (Å²) in [6, 6.07) is 4.04. The molecule has 2 aromatic heterocycles. The summed E-state index contributed by atoms with van der Waals surface area (Å²) in [4.78, 5) is 18.3. The van der Waals surface area contributed by atoms with Gasteiger partial charge in [0.1, 0.15) is 19.3 Å². The Morgan fingerprint density at radius 2 is 2.13 bits per heavy atom. The Kier molecular flexibility index (Phi) is 3.84. The molecule has 0 amide bonds. The van der Waals surface area contributed by atoms with Gasteiger partial charge in [-0.3, -0.25) is 9.30 Å². The molecule has 30 heavy (non-hydrogen) atoms. The van der Waals surface area contributed by atoms with Crippen molar-refractivity contribution in [1.29, 1.82) is 0 Å². The molecule has 1 saturated heterocycles. The van der Waals surface area contributed by atoms with Crippen molar-refractivity contribution in [2.75, 3.05) is 25.0 Å². The van der Waals surface area contributed by atoms with Crippen LogP contribution in [-0.4, -0.2) is 61.2 Å². The number of hydrogen-bond acceptors (Lipinski definition) is 8. The molecule has 9 nitrogen and oxygen atoms in total. The number of aromatic nitrogens is 4. The highest BCUT2D eigenvalue weighted by molar-refractivity contribution is 5.93. The lowest BCUT2D eigenvalue weighted by molar-refractivity contribution is 0.0535. The molecule has 6 rings (SSSR count). The molecule has 1 aliphatic carbocycles. The number of fused-ring (bicyclic) bond motifs is 3. The second kappa shape index (κ2) is 6.48. The molecule has 2 N–H and O–H groups in total. The molecule has 1 saturated carbocycles. The molecule has 2 fully saturated rings. The molecule has 2 unspecified atom stereocenters. The third-order valence-corrected chi connectivity index (χ3v) is 6.80. The Hall–Kier alpha value is -3.04. The van der Waals surface area contributed by atoms with Gasteiger partial charge in [-0.15, -0.1) is 10.2 Å². The van der Waals surface area contributed by atoms with E-state index in [2.05, 4.69) is 25.4 Å². The zero-order chi connectivity index (χ0) is 20.4. The van der Waals surface area contributed by atoms with Crippen LogP contribution in [0.3, 0.4) is 0 Å². The SMILES string of the molecule is Cc1c([C@@H](O)CN2CC3C(C2)C3Nc2cncn3cnnc23)ccc2c1COC2=O. The number of anilines is 1. The quantitative estimate of drug-likeness (QED) is 0.609. The molecule has 3 aliphatic rings. The van der Waals surface area contributed by atoms with Crippen molar-refractivity contribution in [3.05, 3.63) is 53.2 Å². The van der Waals surface area contributed by atoms with Gasteiger partial charge in [-0.25, -0.2) is 9.78 Å². The number of likely N-dealkylation sites (tertiary alicyclic amines) is 1. The van der Waals surface area contributed by atoms with Gasteiger partial charge in [-0.2, -0.15) is 0 Å². The summed E-state index contributed by atoms with van der Waals surface area (Å²) in [5.41, 5.74) is 5.07. The van der Waals surface area contributed by atoms with Crippen molar-refractivity contribution in [2.45, 2.75) is 25.7 Å². The van der Waals surface area contributed by atoms with Crippen LogP contribution in [0.5, 0.6) is 0 Å². The molecule has 3 atom stereocenters. The first-order valence-corrected chi connectivity index (χ1v) is 10.2. The van der Waals surface area contributed by atoms with Gasteiger partial charge in [0.25, 0.3) is 0 Å². The van der Waals surface area contributed by atoms with Crippen molar-refractivity contribution in [1.82, 2.24) is 24.5 Å². The maximum Gasteiger partial charge on any atom is 0.338 e. The van der Waals surface area contributed by atoms with E-state index in [1.807, 2.05) is 13.0 Å². The predicted octanol–water partition coefficient (Wildman–Crippen LogP) is 1.18. The number of hydrogen-bond donors (Lipinski definition) is 2. The maximum atomic E-state index is 11.7. The largest absolute Gasteiger partial charge is 0.457 e. The van der Waals surface area contributed by atoms with E-state index in [0.29, 0.717) is 36.6 Å². The number of nitrogens with one attached hydrogen (secondary N) is 1. The molecule has 3 aromatic rings. The lowest BCUT2D eigenvalue weighted by Gasteiger charge is -2.24. The maximum absolute atomic E-state index is 11.7. The first-order valence-electron chi connectivity index (χ1n) is 10.2. The number of nitrogens with zero attached hydrogens (tertiary/aromatic N) is 5. The van der Waals surface area contributed by atoms with Gasteiger partial charge in [0.05, 0.1) is 23.6 Å². The number of piperidine rings is 1. The van der Waals surface area contributed by atoms with Crippen molar-refractivity contribution >= 4 is 17.3 Å². The van der Waals surface area contributed by atoms with E-state index in [1.54, 1.807) is 29.3 Å². The third-order valence-electron chi connectivity index (χ3n) is 6.80. The van der Waals surface area contributed by atoms with Crippen molar-refractivity contribution in [3.8, 4) is 0 Å². The van der Waals surface area contributed by atoms with E-state index in [4.69, 9.17) is 4.74 Å². The molecule has 0 spiro atoms. The van der Waals surface area contributed by atoms with Gasteiger partial charge in [0.2, 0.25) is 0 Å². The molecular weight excluding hydrogens is 384 g/mol. The van der Waals surface area contributed by atoms with Crippen LogP contribution in [0.1, 0.15) is 33.2 Å². The number of carbonyl (C=O) groups is 1. The number of esters is 1. The number of aliphatic hydroxyl groups excluding tert-OH is 1. The number of ether oxygens (including phenoxy) is 1. The Morgan fingerprint density at radius 1 is 1.30 bits per heavy atom. The summed E-state index contributed by atoms with van der Waals surface area (Å²) in [7, 11) is 0. The van der Waals surface area contributed by atoms with E-state index in [9.17, 15) is 9.90 Å². The Morgan fingerprint density at radius 3 is 2.97 bits per heavy atom. The fraction of sp³-hybridized carbons (Fsp3) is 0.429. The van der Waals surface area contributed by atoms with Crippen LogP contribution in [-0.2, 0) is 11.3 Å². The summed E-state index contributed by atoms with van der Waals surface area (Å²) >= 11 is 0. The van der Waals surface area contributed by atoms with Gasteiger partial charge in [-0.1, -0.05) is 6.07 Å². The van der Waals surface area contributed by atoms with Crippen LogP contribution in [0.4, 0.5) is 5.69 Å². The summed E-state index contributed by atoms with van der Waals surface area (Å²) in [5, 5.41) is 22.5. The van der Waals surface area contributed by atoms with Gasteiger partial charge < -0.3 is 15.2 Å². The van der Waals surface area contributed by atoms with E-state index < -0.39 is 6.10 Å². The number of β-amino-alcohol motifs (C(OH)–C–C–N with tert-alkyl or cyclic N) is 1. The molecule has 0 bridgehead atoms. The van der Waals surface area contributed by atoms with Crippen LogP contribution in [0.15, 0.2) is 31.0 Å². The minimum Gasteiger partial charge on any atom is -0.457 e. The average molecular weight is 406 g/mol. The first-order chi connectivity index (χ1) is 14.6. The van der Waals surface area contributed by atoms with Crippen molar-refractivity contribution in [3.63, 3.8) is 0 Å². The highest BCUT2D eigenvalue weighted by Gasteiger charge is 2.56. The van der Waals surface area contributed by atoms with E-state index in [-0.39, 0.29) is 5.97 Å². The highest BCUT2D eigenvalue weighted by Crippen LogP contribution is 2.47. The molecular formula is C21H22N6O3. The van der Waals surface area contributed by atoms with Gasteiger partial charge in [0, 0.05) is 31.2 Å². The van der Waals surface area contributed by atoms with Crippen LogP contribution in [0.2, 0.25) is 0 Å². The first kappa shape index (κ1) is 17.8. The van der Waals surface area contributed by atoms with Gasteiger partial charge in [-0.05, 0) is 36.0 Å². The molecule has 2 aliphatic heterocycles. The second-order valence-corrected chi connectivity index (χ2v) is 8.48. The number of aliphatic hydroxyl groups is 1. The molecule has 9 heteroatoms. The normalized spacial score (nSPS) is 25.8. The third kappa shape index (κ3) is 2.69. The molecule has 4 heterocycles. The number of benzene rings is 1. The Bertz CT molecular complexity index is 1150. The zero-order valence-corrected chi connectivity index (χ0v) is 16.5. The van der Waals surface area contributed by atoms with E-state index >= 15 is 0 Å². The highest BCUT2D eigenvalue weighted by atomic mass is 16.5. The molecule has 1 aromatic carbocycles. The summed E-state index contributed by atoms with van der Waals surface area (Å²) in [5.74, 6) is 0.851. The average Bonchev–Trinajstić information content (AvgIpc) is 3.18. The molecule has 154 valence electrons. The van der Waals surface area contributed by atoms with Crippen LogP contribution < -0.4 is 5.32 Å². The van der Waals surface area contributed by atoms with Gasteiger partial charge >= 0.3 is 5.97 Å². The second-order valence-electron chi connectivity index (χ2n) is 8.48. The summed E-state index contributed by atoms with van der Waals surface area (Å²) in [6.07, 6.45) is 4.56. The lowest BCUT2D eigenvalue weighted by atomic mass is 9.95. The van der Waals surface area contributed by atoms with Gasteiger partial charge in [0.15, 0.2) is 5.65 Å². The smallest absolute Gasteiger partial charge is 0.338 e. The minimum absolute atomic E-state index is 0.274. The minimum atomic E-state index is -0.580. The zero-order valence-electron chi connectivity index (χ0n) is 16.5. The standard InChI is InChI=1S/C21H22N6O3/c1-11-12(2-3-13-16(11)8-30-21(13)29)18(28)7-26-5-14-15(6-26)19(14)24-17-4-22-9-27-10-23-25-20(17)27/h2-4,9-10,14-15,18-19,24,28H,5-8H2,1H3/t14?,15?,18-,19?/m0/s1. The Labute approximate surface area is 172 Å². The number of rotatable bonds is 5. The van der Waals surface area contributed by atoms with Crippen molar-refractivity contribution in [2.24, 2.45) is 11.8 Å². The van der Waals surface area contributed by atoms with Crippen LogP contribution >= 0.6 is 0 Å². The fourth-order valence-electron chi connectivity index (χ4n) is 5.09. The van der Waals surface area contributed by atoms with Crippen LogP contribution in [0.25, 0.3) is 5.65 Å². The van der Waals surface area contributed by atoms with Crippen molar-refractivity contribution < 1.29 is 14.6 Å². The lowest BCUT2D eigenvalue weighted by Crippen LogP contribution is -2.32. The van der Waals surface area contributed by atoms with Crippen LogP contribution in [0, 0.1) is 18.8 Å². The Balaban J connectivity index is 1.09. The fourth-order valence-corrected chi connectivity index (χ4v) is 5.09. The number of cyclic esters (lactones) is 1. The summed E-state index contributed by atoms with van der Waals surface area (Å²) < 4.78 is 6.93. The number of carbonyl (C=O) groups excluding carboxylic acids is 1. The van der Waals surface area contributed by atoms with E-state index in [1.165, 1.54) is 0 Å². The monoisotopic (exact) mass is 406 g/mol. The molecule has 0 radical (unpaired) electrons. The topological polar surface area (TPSA) is 105 Å². The predicted molar refractivity (Wildman–Crippen MR) is 107 cm³/mol. The van der Waals surface area contributed by atoms with E-state index in [0.717, 1.165) is 41.1 Å².